The minimum Gasteiger partial charge on any atom is -0.458 e. The number of rotatable bonds is 7. The number of aryl methyl sites for hydroxylation is 3. The predicted octanol–water partition coefficient (Wildman–Crippen LogP) is 2.65. The fraction of sp³-hybridized carbons (Fsp3) is 0.579. The highest BCUT2D eigenvalue weighted by Gasteiger charge is 2.29. The van der Waals surface area contributed by atoms with Crippen molar-refractivity contribution >= 4 is 27.1 Å². The minimum atomic E-state index is -3.02. The standard InChI is InChI=1S/C19H26N6O3S2/c1-13-6-7-16(28-13)18-22-23-19(24-11-8-15(9-12-24)30(3,26)27)25(18)10-4-5-17-21-20-14(2)29-17/h6-7,15H,4-5,8-12H2,1-3H3. The number of anilines is 1. The van der Waals surface area contributed by atoms with Gasteiger partial charge in [-0.25, -0.2) is 8.42 Å². The average Bonchev–Trinajstić information content (AvgIpc) is 3.41. The first kappa shape index (κ1) is 21.0. The first-order valence-electron chi connectivity index (χ1n) is 10.0. The first-order valence-corrected chi connectivity index (χ1v) is 12.8. The summed E-state index contributed by atoms with van der Waals surface area (Å²) >= 11 is 1.62. The number of aromatic nitrogens is 5. The molecule has 0 atom stereocenters. The molecule has 0 aliphatic carbocycles. The van der Waals surface area contributed by atoms with Crippen molar-refractivity contribution in [1.82, 2.24) is 25.0 Å². The van der Waals surface area contributed by atoms with E-state index in [0.717, 1.165) is 34.6 Å². The summed E-state index contributed by atoms with van der Waals surface area (Å²) < 4.78 is 31.7. The molecule has 1 fully saturated rings. The van der Waals surface area contributed by atoms with Crippen LogP contribution in [0.25, 0.3) is 11.6 Å². The van der Waals surface area contributed by atoms with Crippen molar-refractivity contribution in [3.8, 4) is 11.6 Å². The molecular weight excluding hydrogens is 424 g/mol. The number of hydrogen-bond acceptors (Lipinski definition) is 9. The molecule has 0 radical (unpaired) electrons. The number of hydrogen-bond donors (Lipinski definition) is 0. The largest absolute Gasteiger partial charge is 0.458 e. The van der Waals surface area contributed by atoms with Gasteiger partial charge in [-0.2, -0.15) is 0 Å². The lowest BCUT2D eigenvalue weighted by atomic mass is 10.1. The molecule has 1 saturated heterocycles. The van der Waals surface area contributed by atoms with E-state index < -0.39 is 9.84 Å². The molecule has 0 spiro atoms. The molecule has 30 heavy (non-hydrogen) atoms. The third-order valence-corrected chi connectivity index (χ3v) is 7.94. The fourth-order valence-corrected chi connectivity index (χ4v) is 5.60. The summed E-state index contributed by atoms with van der Waals surface area (Å²) in [5.41, 5.74) is 0. The van der Waals surface area contributed by atoms with Crippen LogP contribution in [0.2, 0.25) is 0 Å². The molecule has 4 heterocycles. The highest BCUT2D eigenvalue weighted by molar-refractivity contribution is 7.91. The van der Waals surface area contributed by atoms with E-state index in [1.54, 1.807) is 11.3 Å². The maximum absolute atomic E-state index is 11.9. The van der Waals surface area contributed by atoms with Crippen LogP contribution < -0.4 is 4.90 Å². The molecule has 4 rings (SSSR count). The van der Waals surface area contributed by atoms with Crippen LogP contribution in [0.15, 0.2) is 16.5 Å². The number of nitrogens with zero attached hydrogens (tertiary/aromatic N) is 6. The lowest BCUT2D eigenvalue weighted by Crippen LogP contribution is -2.40. The highest BCUT2D eigenvalue weighted by atomic mass is 32.2. The zero-order chi connectivity index (χ0) is 21.3. The average molecular weight is 451 g/mol. The maximum atomic E-state index is 11.9. The van der Waals surface area contributed by atoms with Gasteiger partial charge >= 0.3 is 0 Å². The van der Waals surface area contributed by atoms with Crippen LogP contribution in [0.3, 0.4) is 0 Å². The second-order valence-electron chi connectivity index (χ2n) is 7.72. The summed E-state index contributed by atoms with van der Waals surface area (Å²) in [5, 5.41) is 18.8. The smallest absolute Gasteiger partial charge is 0.227 e. The molecule has 0 N–H and O–H groups in total. The maximum Gasteiger partial charge on any atom is 0.227 e. The van der Waals surface area contributed by atoms with Gasteiger partial charge in [0.15, 0.2) is 5.76 Å². The summed E-state index contributed by atoms with van der Waals surface area (Å²) in [4.78, 5) is 2.13. The van der Waals surface area contributed by atoms with Crippen molar-refractivity contribution in [2.45, 2.75) is 51.3 Å². The van der Waals surface area contributed by atoms with E-state index in [9.17, 15) is 8.42 Å². The Morgan fingerprint density at radius 2 is 1.90 bits per heavy atom. The lowest BCUT2D eigenvalue weighted by Gasteiger charge is -2.31. The van der Waals surface area contributed by atoms with E-state index in [1.807, 2.05) is 26.0 Å². The lowest BCUT2D eigenvalue weighted by molar-refractivity contribution is 0.517. The van der Waals surface area contributed by atoms with E-state index in [1.165, 1.54) is 6.26 Å². The van der Waals surface area contributed by atoms with Gasteiger partial charge in [-0.1, -0.05) is 0 Å². The molecule has 1 aliphatic rings. The van der Waals surface area contributed by atoms with Crippen LogP contribution in [0.1, 0.15) is 35.0 Å². The second kappa shape index (κ2) is 8.46. The van der Waals surface area contributed by atoms with E-state index >= 15 is 0 Å². The zero-order valence-corrected chi connectivity index (χ0v) is 19.0. The van der Waals surface area contributed by atoms with Gasteiger partial charge in [0.2, 0.25) is 11.8 Å². The van der Waals surface area contributed by atoms with Gasteiger partial charge in [-0.3, -0.25) is 4.57 Å². The Balaban J connectivity index is 1.54. The Labute approximate surface area is 180 Å². The molecule has 0 unspecified atom stereocenters. The molecule has 0 amide bonds. The van der Waals surface area contributed by atoms with Crippen LogP contribution in [-0.4, -0.2) is 58.0 Å². The van der Waals surface area contributed by atoms with Crippen molar-refractivity contribution in [3.63, 3.8) is 0 Å². The van der Waals surface area contributed by atoms with Gasteiger partial charge in [0.1, 0.15) is 25.6 Å². The quantitative estimate of drug-likeness (QED) is 0.541. The third-order valence-electron chi connectivity index (χ3n) is 5.36. The Morgan fingerprint density at radius 3 is 2.50 bits per heavy atom. The van der Waals surface area contributed by atoms with Crippen LogP contribution in [0.4, 0.5) is 5.95 Å². The summed E-state index contributed by atoms with van der Waals surface area (Å²) in [6.07, 6.45) is 4.22. The Bertz CT molecular complexity index is 1110. The van der Waals surface area contributed by atoms with Crippen LogP contribution >= 0.6 is 11.3 Å². The fourth-order valence-electron chi connectivity index (χ4n) is 3.78. The second-order valence-corrected chi connectivity index (χ2v) is 11.3. The van der Waals surface area contributed by atoms with Gasteiger partial charge < -0.3 is 9.32 Å². The molecule has 3 aromatic heterocycles. The van der Waals surface area contributed by atoms with Crippen molar-refractivity contribution < 1.29 is 12.8 Å². The highest BCUT2D eigenvalue weighted by Crippen LogP contribution is 2.28. The van der Waals surface area contributed by atoms with Crippen molar-refractivity contribution in [3.05, 3.63) is 27.9 Å². The molecule has 9 nitrogen and oxygen atoms in total. The third kappa shape index (κ3) is 4.56. The van der Waals surface area contributed by atoms with Gasteiger partial charge in [0.25, 0.3) is 0 Å². The number of piperidine rings is 1. The first-order chi connectivity index (χ1) is 14.3. The summed E-state index contributed by atoms with van der Waals surface area (Å²) in [5.74, 6) is 2.96. The summed E-state index contributed by atoms with van der Waals surface area (Å²) in [6.45, 7) is 5.85. The van der Waals surface area contributed by atoms with Gasteiger partial charge in [0.05, 0.1) is 5.25 Å². The van der Waals surface area contributed by atoms with Gasteiger partial charge in [-0.05, 0) is 45.2 Å². The molecule has 3 aromatic rings. The topological polar surface area (TPSA) is 107 Å². The Hall–Kier alpha value is -2.27. The Morgan fingerprint density at radius 1 is 1.13 bits per heavy atom. The molecule has 0 aromatic carbocycles. The van der Waals surface area contributed by atoms with Crippen LogP contribution in [0, 0.1) is 13.8 Å². The molecule has 11 heteroatoms. The summed E-state index contributed by atoms with van der Waals surface area (Å²) in [7, 11) is -3.02. The zero-order valence-electron chi connectivity index (χ0n) is 17.4. The summed E-state index contributed by atoms with van der Waals surface area (Å²) in [6, 6.07) is 3.82. The van der Waals surface area contributed by atoms with E-state index in [4.69, 9.17) is 4.42 Å². The van der Waals surface area contributed by atoms with Crippen molar-refractivity contribution in [1.29, 1.82) is 0 Å². The van der Waals surface area contributed by atoms with Crippen LogP contribution in [0.5, 0.6) is 0 Å². The van der Waals surface area contributed by atoms with Crippen LogP contribution in [-0.2, 0) is 22.8 Å². The Kier molecular flexibility index (Phi) is 5.92. The minimum absolute atomic E-state index is 0.280. The van der Waals surface area contributed by atoms with Crippen molar-refractivity contribution in [2.75, 3.05) is 24.2 Å². The molecule has 0 saturated carbocycles. The SMILES string of the molecule is Cc1ccc(-c2nnc(N3CCC(S(C)(=O)=O)CC3)n2CCCc2nnc(C)s2)o1. The predicted molar refractivity (Wildman–Crippen MR) is 116 cm³/mol. The van der Waals surface area contributed by atoms with Gasteiger partial charge in [0, 0.05) is 32.3 Å². The number of furan rings is 1. The van der Waals surface area contributed by atoms with E-state index in [0.29, 0.717) is 44.1 Å². The molecule has 162 valence electrons. The molecule has 1 aliphatic heterocycles. The normalized spacial score (nSPS) is 15.8. The molecular formula is C19H26N6O3S2. The monoisotopic (exact) mass is 450 g/mol. The van der Waals surface area contributed by atoms with Gasteiger partial charge in [-0.15, -0.1) is 31.7 Å². The molecule has 0 bridgehead atoms. The number of sulfone groups is 1. The van der Waals surface area contributed by atoms with E-state index in [-0.39, 0.29) is 5.25 Å². The van der Waals surface area contributed by atoms with Crippen molar-refractivity contribution in [2.24, 2.45) is 0 Å². The van der Waals surface area contributed by atoms with E-state index in [2.05, 4.69) is 29.9 Å².